The number of carbonyl (C=O) groups excluding carboxylic acids is 3. The molecule has 0 saturated heterocycles. The standard InChI is InChI=1S/C33H46N4O10/c1-32(2,3)46-27(40)19-23(30(43)47-33(4,5)6)37-26(39)15-12-20-10-9-11-24(38)28(20)45-17-8-7-16-44-25-18-21(36-31(34)35)13-14-22(25)29(41)42/h9-11,13-14,18,23,38H,7-8,12,15-17,19H2,1-6H3,(H,37,39)(H,41,42)(H4,34,35,36). The Bertz CT molecular complexity index is 1440. The van der Waals surface area contributed by atoms with Crippen LogP contribution in [0, 0.1) is 0 Å². The highest BCUT2D eigenvalue weighted by molar-refractivity contribution is 5.92. The second kappa shape index (κ2) is 17.1. The molecular weight excluding hydrogens is 612 g/mol. The van der Waals surface area contributed by atoms with Gasteiger partial charge in [-0.15, -0.1) is 0 Å². The van der Waals surface area contributed by atoms with Crippen LogP contribution < -0.4 is 26.3 Å². The Balaban J connectivity index is 1.97. The number of ether oxygens (including phenoxy) is 4. The molecule has 0 aliphatic heterocycles. The predicted molar refractivity (Wildman–Crippen MR) is 174 cm³/mol. The van der Waals surface area contributed by atoms with Gasteiger partial charge in [-0.1, -0.05) is 12.1 Å². The number of carboxylic acid groups (broad SMARTS) is 1. The van der Waals surface area contributed by atoms with Gasteiger partial charge in [0.2, 0.25) is 5.91 Å². The largest absolute Gasteiger partial charge is 0.504 e. The van der Waals surface area contributed by atoms with Crippen LogP contribution in [-0.4, -0.2) is 70.4 Å². The Kier molecular flexibility index (Phi) is 13.9. The molecule has 0 spiro atoms. The van der Waals surface area contributed by atoms with Gasteiger partial charge in [0.15, 0.2) is 17.5 Å². The molecule has 0 saturated carbocycles. The molecule has 2 aromatic rings. The van der Waals surface area contributed by atoms with Crippen LogP contribution in [0.1, 0.15) is 83.1 Å². The van der Waals surface area contributed by atoms with E-state index in [4.69, 9.17) is 30.4 Å². The molecule has 2 rings (SSSR count). The number of aromatic hydroxyl groups is 1. The van der Waals surface area contributed by atoms with E-state index in [1.54, 1.807) is 53.7 Å². The molecule has 0 heterocycles. The number of nitrogens with one attached hydrogen (secondary N) is 1. The summed E-state index contributed by atoms with van der Waals surface area (Å²) in [6.45, 7) is 10.5. The van der Waals surface area contributed by atoms with Crippen LogP contribution >= 0.6 is 0 Å². The topological polar surface area (TPSA) is 222 Å². The first kappa shape index (κ1) is 38.2. The summed E-state index contributed by atoms with van der Waals surface area (Å²) in [7, 11) is 0. The molecule has 1 atom stereocenters. The van der Waals surface area contributed by atoms with Crippen molar-refractivity contribution in [1.29, 1.82) is 0 Å². The molecule has 258 valence electrons. The van der Waals surface area contributed by atoms with Gasteiger partial charge < -0.3 is 45.9 Å². The molecule has 0 fully saturated rings. The molecule has 14 heteroatoms. The smallest absolute Gasteiger partial charge is 0.339 e. The number of unbranched alkanes of at least 4 members (excludes halogenated alkanes) is 1. The molecule has 14 nitrogen and oxygen atoms in total. The first-order valence-corrected chi connectivity index (χ1v) is 15.1. The number of carboxylic acids is 1. The van der Waals surface area contributed by atoms with E-state index >= 15 is 0 Å². The fourth-order valence-corrected chi connectivity index (χ4v) is 4.15. The lowest BCUT2D eigenvalue weighted by Gasteiger charge is -2.25. The van der Waals surface area contributed by atoms with Crippen molar-refractivity contribution in [2.24, 2.45) is 16.5 Å². The fraction of sp³-hybridized carbons (Fsp3) is 0.485. The number of aromatic carboxylic acids is 1. The van der Waals surface area contributed by atoms with Gasteiger partial charge in [0.05, 0.1) is 25.3 Å². The van der Waals surface area contributed by atoms with E-state index in [1.807, 2.05) is 0 Å². The minimum atomic E-state index is -1.25. The van der Waals surface area contributed by atoms with Crippen LogP contribution in [0.25, 0.3) is 0 Å². The van der Waals surface area contributed by atoms with Gasteiger partial charge in [0.1, 0.15) is 28.6 Å². The minimum Gasteiger partial charge on any atom is -0.504 e. The Hall–Kier alpha value is -5.01. The lowest BCUT2D eigenvalue weighted by Crippen LogP contribution is -2.46. The number of esters is 2. The van der Waals surface area contributed by atoms with E-state index in [9.17, 15) is 29.4 Å². The second-order valence-electron chi connectivity index (χ2n) is 12.6. The normalized spacial score (nSPS) is 12.0. The van der Waals surface area contributed by atoms with Gasteiger partial charge in [-0.3, -0.25) is 9.59 Å². The van der Waals surface area contributed by atoms with Crippen molar-refractivity contribution in [2.75, 3.05) is 13.2 Å². The summed E-state index contributed by atoms with van der Waals surface area (Å²) in [5.41, 5.74) is 10.0. The van der Waals surface area contributed by atoms with Crippen LogP contribution in [0.5, 0.6) is 17.2 Å². The SMILES string of the molecule is CC(C)(C)OC(=O)CC(NC(=O)CCc1cccc(O)c1OCCCCOc1cc(N=C(N)N)ccc1C(=O)O)C(=O)OC(C)(C)C. The summed E-state index contributed by atoms with van der Waals surface area (Å²) < 4.78 is 22.2. The van der Waals surface area contributed by atoms with Crippen molar-refractivity contribution >= 4 is 35.5 Å². The number of phenols is 1. The van der Waals surface area contributed by atoms with Gasteiger partial charge in [-0.2, -0.15) is 0 Å². The van der Waals surface area contributed by atoms with Crippen molar-refractivity contribution in [1.82, 2.24) is 5.32 Å². The van der Waals surface area contributed by atoms with Gasteiger partial charge in [0.25, 0.3) is 0 Å². The number of para-hydroxylation sites is 1. The maximum Gasteiger partial charge on any atom is 0.339 e. The van der Waals surface area contributed by atoms with Crippen molar-refractivity contribution in [3.63, 3.8) is 0 Å². The molecule has 0 aromatic heterocycles. The number of rotatable bonds is 16. The van der Waals surface area contributed by atoms with Crippen LogP contribution in [-0.2, 0) is 30.3 Å². The van der Waals surface area contributed by atoms with Crippen LogP contribution in [0.4, 0.5) is 5.69 Å². The molecule has 0 aliphatic rings. The first-order chi connectivity index (χ1) is 21.8. The highest BCUT2D eigenvalue weighted by atomic mass is 16.6. The Morgan fingerprint density at radius 2 is 1.55 bits per heavy atom. The van der Waals surface area contributed by atoms with Crippen molar-refractivity contribution in [2.45, 2.75) is 90.9 Å². The molecule has 2 aromatic carbocycles. The summed E-state index contributed by atoms with van der Waals surface area (Å²) in [5.74, 6) is -3.07. The highest BCUT2D eigenvalue weighted by Gasteiger charge is 2.31. The molecule has 0 radical (unpaired) electrons. The van der Waals surface area contributed by atoms with E-state index in [-0.39, 0.29) is 54.8 Å². The number of phenolic OH excluding ortho intramolecular Hbond substituents is 1. The number of hydrogen-bond donors (Lipinski definition) is 5. The zero-order valence-corrected chi connectivity index (χ0v) is 27.8. The number of hydrogen-bond acceptors (Lipinski definition) is 10. The molecular formula is C33H46N4O10. The van der Waals surface area contributed by atoms with E-state index in [0.717, 1.165) is 0 Å². The van der Waals surface area contributed by atoms with Crippen LogP contribution in [0.3, 0.4) is 0 Å². The Morgan fingerprint density at radius 1 is 0.915 bits per heavy atom. The monoisotopic (exact) mass is 658 g/mol. The zero-order valence-electron chi connectivity index (χ0n) is 27.8. The molecule has 7 N–H and O–H groups in total. The Labute approximate surface area is 274 Å². The summed E-state index contributed by atoms with van der Waals surface area (Å²) in [5, 5.41) is 22.5. The van der Waals surface area contributed by atoms with Gasteiger partial charge in [-0.25, -0.2) is 14.6 Å². The van der Waals surface area contributed by atoms with Gasteiger partial charge in [-0.05, 0) is 84.6 Å². The fourth-order valence-electron chi connectivity index (χ4n) is 4.15. The number of guanidine groups is 1. The number of aliphatic imine (C=N–C) groups is 1. The van der Waals surface area contributed by atoms with E-state index < -0.39 is 47.5 Å². The Morgan fingerprint density at radius 3 is 2.15 bits per heavy atom. The number of carbonyl (C=O) groups is 4. The molecule has 0 aliphatic carbocycles. The highest BCUT2D eigenvalue weighted by Crippen LogP contribution is 2.31. The summed E-state index contributed by atoms with van der Waals surface area (Å²) >= 11 is 0. The lowest BCUT2D eigenvalue weighted by atomic mass is 10.1. The number of aryl methyl sites for hydroxylation is 1. The summed E-state index contributed by atoms with van der Waals surface area (Å²) in [6.07, 6.45) is 0.664. The average Bonchev–Trinajstić information content (AvgIpc) is 2.92. The van der Waals surface area contributed by atoms with Crippen molar-refractivity contribution in [3.8, 4) is 17.2 Å². The summed E-state index contributed by atoms with van der Waals surface area (Å²) in [6, 6.07) is 7.76. The maximum atomic E-state index is 12.9. The third-order valence-corrected chi connectivity index (χ3v) is 6.01. The zero-order chi connectivity index (χ0) is 35.4. The number of benzene rings is 2. The van der Waals surface area contributed by atoms with Crippen LogP contribution in [0.15, 0.2) is 41.4 Å². The third-order valence-electron chi connectivity index (χ3n) is 6.01. The number of nitrogens with zero attached hydrogens (tertiary/aromatic N) is 1. The van der Waals surface area contributed by atoms with Gasteiger partial charge >= 0.3 is 17.9 Å². The van der Waals surface area contributed by atoms with Crippen molar-refractivity contribution in [3.05, 3.63) is 47.5 Å². The van der Waals surface area contributed by atoms with Crippen molar-refractivity contribution < 1.29 is 48.3 Å². The van der Waals surface area contributed by atoms with Gasteiger partial charge in [0, 0.05) is 12.5 Å². The van der Waals surface area contributed by atoms with E-state index in [2.05, 4.69) is 10.3 Å². The average molecular weight is 659 g/mol. The second-order valence-corrected chi connectivity index (χ2v) is 12.6. The van der Waals surface area contributed by atoms with E-state index in [0.29, 0.717) is 24.1 Å². The third kappa shape index (κ3) is 14.3. The molecule has 1 unspecified atom stereocenters. The predicted octanol–water partition coefficient (Wildman–Crippen LogP) is 3.72. The first-order valence-electron chi connectivity index (χ1n) is 15.1. The number of nitrogens with two attached hydrogens (primary N) is 2. The molecule has 47 heavy (non-hydrogen) atoms. The number of amides is 1. The minimum absolute atomic E-state index is 0.0408. The maximum absolute atomic E-state index is 12.9. The molecule has 1 amide bonds. The summed E-state index contributed by atoms with van der Waals surface area (Å²) in [4.78, 5) is 53.6. The van der Waals surface area contributed by atoms with E-state index in [1.165, 1.54) is 24.3 Å². The lowest BCUT2D eigenvalue weighted by molar-refractivity contribution is -0.165. The quantitative estimate of drug-likeness (QED) is 0.0753. The van der Waals surface area contributed by atoms with Crippen LogP contribution in [0.2, 0.25) is 0 Å². The molecule has 0 bridgehead atoms.